The lowest BCUT2D eigenvalue weighted by atomic mass is 10.1. The Hall–Kier alpha value is -2.42. The van der Waals surface area contributed by atoms with Crippen LogP contribution >= 0.6 is 0 Å². The van der Waals surface area contributed by atoms with Crippen LogP contribution in [0.3, 0.4) is 0 Å². The highest BCUT2D eigenvalue weighted by molar-refractivity contribution is 5.77. The normalized spacial score (nSPS) is 10.7. The summed E-state index contributed by atoms with van der Waals surface area (Å²) in [6.07, 6.45) is 4.05. The van der Waals surface area contributed by atoms with Crippen molar-refractivity contribution >= 4 is 10.9 Å². The van der Waals surface area contributed by atoms with Gasteiger partial charge in [0.2, 0.25) is 0 Å². The van der Waals surface area contributed by atoms with Crippen LogP contribution in [0.4, 0.5) is 0 Å². The zero-order valence-electron chi connectivity index (χ0n) is 9.76. The molecule has 18 heavy (non-hydrogen) atoms. The molecule has 0 amide bonds. The zero-order valence-corrected chi connectivity index (χ0v) is 9.76. The minimum absolute atomic E-state index is 0.0423. The summed E-state index contributed by atoms with van der Waals surface area (Å²) in [6, 6.07) is 13.8. The lowest BCUT2D eigenvalue weighted by Crippen LogP contribution is -2.12. The lowest BCUT2D eigenvalue weighted by molar-refractivity contribution is 1.12. The third-order valence-corrected chi connectivity index (χ3v) is 2.96. The van der Waals surface area contributed by atoms with E-state index in [1.54, 1.807) is 12.4 Å². The molecule has 0 saturated carbocycles. The molecule has 0 aliphatic heterocycles. The van der Waals surface area contributed by atoms with Gasteiger partial charge >= 0.3 is 0 Å². The molecule has 0 aliphatic rings. The fourth-order valence-electron chi connectivity index (χ4n) is 2.04. The number of nitrogens with zero attached hydrogens (tertiary/aromatic N) is 1. The van der Waals surface area contributed by atoms with Crippen LogP contribution in [0.15, 0.2) is 59.7 Å². The molecule has 0 radical (unpaired) electrons. The van der Waals surface area contributed by atoms with Crippen LogP contribution in [-0.4, -0.2) is 9.97 Å². The number of hydrogen-bond acceptors (Lipinski definition) is 2. The van der Waals surface area contributed by atoms with Crippen LogP contribution in [-0.2, 0) is 6.42 Å². The molecule has 3 heteroatoms. The summed E-state index contributed by atoms with van der Waals surface area (Å²) in [5.41, 5.74) is 2.65. The van der Waals surface area contributed by atoms with E-state index in [2.05, 4.69) is 9.97 Å². The fourth-order valence-corrected chi connectivity index (χ4v) is 2.04. The monoisotopic (exact) mass is 236 g/mol. The second kappa shape index (κ2) is 4.45. The molecule has 0 fully saturated rings. The summed E-state index contributed by atoms with van der Waals surface area (Å²) in [5, 5.41) is 1.01. The van der Waals surface area contributed by atoms with E-state index in [0.29, 0.717) is 6.42 Å². The molecule has 1 N–H and O–H groups in total. The Bertz CT molecular complexity index is 732. The number of rotatable bonds is 2. The van der Waals surface area contributed by atoms with Gasteiger partial charge in [0, 0.05) is 23.6 Å². The molecule has 88 valence electrons. The van der Waals surface area contributed by atoms with Crippen LogP contribution in [0.2, 0.25) is 0 Å². The molecule has 2 aromatic heterocycles. The molecular weight excluding hydrogens is 224 g/mol. The van der Waals surface area contributed by atoms with E-state index in [1.807, 2.05) is 42.5 Å². The molecule has 3 aromatic rings. The number of fused-ring (bicyclic) bond motifs is 1. The zero-order chi connectivity index (χ0) is 12.4. The van der Waals surface area contributed by atoms with Crippen molar-refractivity contribution in [3.63, 3.8) is 0 Å². The number of aromatic nitrogens is 2. The Kier molecular flexibility index (Phi) is 2.65. The molecule has 0 aliphatic carbocycles. The van der Waals surface area contributed by atoms with E-state index in [9.17, 15) is 4.79 Å². The first kappa shape index (κ1) is 10.7. The number of nitrogens with one attached hydrogen (secondary N) is 1. The summed E-state index contributed by atoms with van der Waals surface area (Å²) in [5.74, 6) is 0. The van der Waals surface area contributed by atoms with Gasteiger partial charge in [-0.1, -0.05) is 30.3 Å². The highest BCUT2D eigenvalue weighted by atomic mass is 16.1. The molecule has 0 spiro atoms. The van der Waals surface area contributed by atoms with Gasteiger partial charge in [-0.3, -0.25) is 9.78 Å². The van der Waals surface area contributed by atoms with Crippen molar-refractivity contribution in [2.24, 2.45) is 0 Å². The van der Waals surface area contributed by atoms with Gasteiger partial charge in [0.25, 0.3) is 5.56 Å². The Morgan fingerprint density at radius 3 is 2.78 bits per heavy atom. The number of pyridine rings is 2. The van der Waals surface area contributed by atoms with E-state index < -0.39 is 0 Å². The topological polar surface area (TPSA) is 45.8 Å². The minimum atomic E-state index is -0.0423. The van der Waals surface area contributed by atoms with Crippen LogP contribution < -0.4 is 5.56 Å². The van der Waals surface area contributed by atoms with Crippen LogP contribution in [0.25, 0.3) is 10.9 Å². The summed E-state index contributed by atoms with van der Waals surface area (Å²) in [7, 11) is 0. The first-order valence-electron chi connectivity index (χ1n) is 5.83. The van der Waals surface area contributed by atoms with Gasteiger partial charge in [-0.2, -0.15) is 0 Å². The van der Waals surface area contributed by atoms with E-state index in [-0.39, 0.29) is 5.56 Å². The predicted octanol–water partition coefficient (Wildman–Crippen LogP) is 2.51. The molecule has 3 nitrogen and oxygen atoms in total. The lowest BCUT2D eigenvalue weighted by Gasteiger charge is -2.03. The summed E-state index contributed by atoms with van der Waals surface area (Å²) >= 11 is 0. The van der Waals surface area contributed by atoms with Crippen molar-refractivity contribution in [1.29, 1.82) is 0 Å². The van der Waals surface area contributed by atoms with E-state index in [0.717, 1.165) is 22.0 Å². The Labute approximate surface area is 104 Å². The van der Waals surface area contributed by atoms with Gasteiger partial charge in [0.1, 0.15) is 0 Å². The quantitative estimate of drug-likeness (QED) is 0.743. The van der Waals surface area contributed by atoms with Crippen molar-refractivity contribution in [2.45, 2.75) is 6.42 Å². The molecule has 0 saturated heterocycles. The van der Waals surface area contributed by atoms with Gasteiger partial charge < -0.3 is 4.98 Å². The largest absolute Gasteiger partial charge is 0.320 e. The summed E-state index contributed by atoms with van der Waals surface area (Å²) in [6.45, 7) is 0. The standard InChI is InChI=1S/C15H12N2O/c18-15-13(8-11-4-2-1-3-5-11)9-12-6-7-16-10-14(12)17-15/h1-7,9-10H,8H2,(H,17,18). The first-order valence-corrected chi connectivity index (χ1v) is 5.83. The van der Waals surface area contributed by atoms with Gasteiger partial charge in [-0.25, -0.2) is 0 Å². The SMILES string of the molecule is O=c1[nH]c2cnccc2cc1Cc1ccccc1. The molecule has 2 heterocycles. The number of hydrogen-bond donors (Lipinski definition) is 1. The van der Waals surface area contributed by atoms with Crippen molar-refractivity contribution in [3.05, 3.63) is 76.3 Å². The van der Waals surface area contributed by atoms with Crippen molar-refractivity contribution in [1.82, 2.24) is 9.97 Å². The second-order valence-corrected chi connectivity index (χ2v) is 4.25. The van der Waals surface area contributed by atoms with Crippen molar-refractivity contribution in [2.75, 3.05) is 0 Å². The molecule has 3 rings (SSSR count). The number of benzene rings is 1. The van der Waals surface area contributed by atoms with Crippen LogP contribution in [0.5, 0.6) is 0 Å². The average Bonchev–Trinajstić information content (AvgIpc) is 2.41. The molecule has 0 bridgehead atoms. The molecule has 1 aromatic carbocycles. The fraction of sp³-hybridized carbons (Fsp3) is 0.0667. The maximum atomic E-state index is 12.0. The van der Waals surface area contributed by atoms with Gasteiger partial charge in [-0.05, 0) is 17.7 Å². The van der Waals surface area contributed by atoms with Crippen molar-refractivity contribution < 1.29 is 0 Å². The van der Waals surface area contributed by atoms with Crippen LogP contribution in [0.1, 0.15) is 11.1 Å². The smallest absolute Gasteiger partial charge is 0.252 e. The van der Waals surface area contributed by atoms with Gasteiger partial charge in [-0.15, -0.1) is 0 Å². The molecule has 0 atom stereocenters. The van der Waals surface area contributed by atoms with Gasteiger partial charge in [0.05, 0.1) is 11.7 Å². The van der Waals surface area contributed by atoms with Crippen molar-refractivity contribution in [3.8, 4) is 0 Å². The first-order chi connectivity index (χ1) is 8.83. The third kappa shape index (κ3) is 2.02. The average molecular weight is 236 g/mol. The van der Waals surface area contributed by atoms with Gasteiger partial charge in [0.15, 0.2) is 0 Å². The Balaban J connectivity index is 2.07. The maximum absolute atomic E-state index is 12.0. The maximum Gasteiger partial charge on any atom is 0.252 e. The summed E-state index contributed by atoms with van der Waals surface area (Å²) in [4.78, 5) is 18.8. The van der Waals surface area contributed by atoms with Crippen LogP contribution in [0, 0.1) is 0 Å². The van der Waals surface area contributed by atoms with E-state index in [4.69, 9.17) is 0 Å². The van der Waals surface area contributed by atoms with E-state index in [1.165, 1.54) is 0 Å². The minimum Gasteiger partial charge on any atom is -0.320 e. The van der Waals surface area contributed by atoms with E-state index >= 15 is 0 Å². The Morgan fingerprint density at radius 2 is 1.94 bits per heavy atom. The molecular formula is C15H12N2O. The second-order valence-electron chi connectivity index (χ2n) is 4.25. The predicted molar refractivity (Wildman–Crippen MR) is 71.6 cm³/mol. The number of H-pyrrole nitrogens is 1. The number of aromatic amines is 1. The Morgan fingerprint density at radius 1 is 1.11 bits per heavy atom. The third-order valence-electron chi connectivity index (χ3n) is 2.96. The highest BCUT2D eigenvalue weighted by Gasteiger charge is 2.03. The summed E-state index contributed by atoms with van der Waals surface area (Å²) < 4.78 is 0. The highest BCUT2D eigenvalue weighted by Crippen LogP contribution is 2.11. The molecule has 0 unspecified atom stereocenters.